The fourth-order valence-electron chi connectivity index (χ4n) is 1.10. The van der Waals surface area contributed by atoms with Gasteiger partial charge >= 0.3 is 0 Å². The zero-order chi connectivity index (χ0) is 9.94. The van der Waals surface area contributed by atoms with Crippen LogP contribution < -0.4 is 5.32 Å². The zero-order valence-electron chi connectivity index (χ0n) is 9.14. The van der Waals surface area contributed by atoms with E-state index in [0.29, 0.717) is 6.04 Å². The van der Waals surface area contributed by atoms with Gasteiger partial charge in [-0.15, -0.1) is 0 Å². The summed E-state index contributed by atoms with van der Waals surface area (Å²) in [6.07, 6.45) is 4.47. The molecule has 0 saturated carbocycles. The molecule has 0 aromatic heterocycles. The van der Waals surface area contributed by atoms with Crippen molar-refractivity contribution in [3.8, 4) is 0 Å². The molecule has 0 aliphatic rings. The molecule has 0 fully saturated rings. The first kappa shape index (κ1) is 13.3. The van der Waals surface area contributed by atoms with Crippen molar-refractivity contribution >= 4 is 11.8 Å². The minimum atomic E-state index is 0.653. The van der Waals surface area contributed by atoms with Gasteiger partial charge in [-0.05, 0) is 19.1 Å². The van der Waals surface area contributed by atoms with E-state index in [9.17, 15) is 0 Å². The molecule has 0 aliphatic heterocycles. The van der Waals surface area contributed by atoms with Crippen LogP contribution in [0.4, 0.5) is 0 Å². The van der Waals surface area contributed by atoms with Crippen LogP contribution in [-0.2, 0) is 4.74 Å². The molecule has 1 unspecified atom stereocenters. The molecule has 0 bridgehead atoms. The van der Waals surface area contributed by atoms with Crippen molar-refractivity contribution in [3.05, 3.63) is 0 Å². The van der Waals surface area contributed by atoms with Gasteiger partial charge in [0, 0.05) is 24.9 Å². The van der Waals surface area contributed by atoms with E-state index in [1.807, 2.05) is 11.8 Å². The molecule has 0 heterocycles. The van der Waals surface area contributed by atoms with Gasteiger partial charge in [-0.2, -0.15) is 11.8 Å². The maximum atomic E-state index is 5.39. The van der Waals surface area contributed by atoms with Crippen LogP contribution >= 0.6 is 11.8 Å². The summed E-state index contributed by atoms with van der Waals surface area (Å²) in [5.41, 5.74) is 0. The van der Waals surface area contributed by atoms with E-state index < -0.39 is 0 Å². The van der Waals surface area contributed by atoms with E-state index in [1.54, 1.807) is 0 Å². The van der Waals surface area contributed by atoms with Crippen LogP contribution in [0, 0.1) is 0 Å². The Hall–Kier alpha value is 0.270. The lowest BCUT2D eigenvalue weighted by Gasteiger charge is -2.15. The summed E-state index contributed by atoms with van der Waals surface area (Å²) in [5.74, 6) is 1.20. The van der Waals surface area contributed by atoms with E-state index in [-0.39, 0.29) is 0 Å². The summed E-state index contributed by atoms with van der Waals surface area (Å²) >= 11 is 1.90. The van der Waals surface area contributed by atoms with Crippen LogP contribution in [0.2, 0.25) is 0 Å². The predicted octanol–water partition coefficient (Wildman–Crippen LogP) is 2.14. The van der Waals surface area contributed by atoms with E-state index in [2.05, 4.69) is 25.4 Å². The average Bonchev–Trinajstić information content (AvgIpc) is 2.16. The molecule has 3 heteroatoms. The number of hydrogen-bond donors (Lipinski definition) is 1. The number of hydrogen-bond acceptors (Lipinski definition) is 3. The van der Waals surface area contributed by atoms with Gasteiger partial charge in [-0.1, -0.05) is 13.8 Å². The van der Waals surface area contributed by atoms with Crippen LogP contribution in [0.1, 0.15) is 26.7 Å². The number of thioether (sulfide) groups is 1. The number of ether oxygens (including phenoxy) is 1. The molecule has 0 rings (SSSR count). The van der Waals surface area contributed by atoms with Crippen LogP contribution in [0.5, 0.6) is 0 Å². The SMILES string of the molecule is CCCOCCNC(CC)CSC. The molecule has 0 amide bonds. The summed E-state index contributed by atoms with van der Waals surface area (Å²) in [4.78, 5) is 0. The van der Waals surface area contributed by atoms with Gasteiger partial charge < -0.3 is 10.1 Å². The Morgan fingerprint density at radius 1 is 1.31 bits per heavy atom. The van der Waals surface area contributed by atoms with Crippen molar-refractivity contribution in [3.63, 3.8) is 0 Å². The first-order valence-electron chi connectivity index (χ1n) is 5.15. The van der Waals surface area contributed by atoms with Gasteiger partial charge in [0.1, 0.15) is 0 Å². The van der Waals surface area contributed by atoms with Crippen LogP contribution in [0.15, 0.2) is 0 Å². The largest absolute Gasteiger partial charge is 0.380 e. The second-order valence-corrected chi connectivity index (χ2v) is 4.04. The summed E-state index contributed by atoms with van der Waals surface area (Å²) in [7, 11) is 0. The van der Waals surface area contributed by atoms with E-state index >= 15 is 0 Å². The molecule has 0 saturated heterocycles. The average molecular weight is 205 g/mol. The highest BCUT2D eigenvalue weighted by Crippen LogP contribution is 2.00. The molecule has 2 nitrogen and oxygen atoms in total. The lowest BCUT2D eigenvalue weighted by atomic mass is 10.2. The van der Waals surface area contributed by atoms with Crippen LogP contribution in [0.25, 0.3) is 0 Å². The molecular formula is C10H23NOS. The summed E-state index contributed by atoms with van der Waals surface area (Å²) < 4.78 is 5.39. The van der Waals surface area contributed by atoms with Crippen molar-refractivity contribution in [2.24, 2.45) is 0 Å². The highest BCUT2D eigenvalue weighted by atomic mass is 32.2. The van der Waals surface area contributed by atoms with E-state index in [0.717, 1.165) is 26.2 Å². The maximum absolute atomic E-state index is 5.39. The highest BCUT2D eigenvalue weighted by Gasteiger charge is 2.02. The highest BCUT2D eigenvalue weighted by molar-refractivity contribution is 7.98. The fraction of sp³-hybridized carbons (Fsp3) is 1.00. The van der Waals surface area contributed by atoms with Crippen LogP contribution in [-0.4, -0.2) is 37.8 Å². The number of nitrogens with one attached hydrogen (secondary N) is 1. The number of rotatable bonds is 9. The van der Waals surface area contributed by atoms with Gasteiger partial charge in [0.2, 0.25) is 0 Å². The van der Waals surface area contributed by atoms with Crippen molar-refractivity contribution < 1.29 is 4.74 Å². The minimum absolute atomic E-state index is 0.653. The molecule has 80 valence electrons. The Morgan fingerprint density at radius 3 is 2.62 bits per heavy atom. The van der Waals surface area contributed by atoms with Gasteiger partial charge in [0.25, 0.3) is 0 Å². The normalized spacial score (nSPS) is 13.2. The predicted molar refractivity (Wildman–Crippen MR) is 61.6 cm³/mol. The minimum Gasteiger partial charge on any atom is -0.380 e. The van der Waals surface area contributed by atoms with Crippen molar-refractivity contribution in [2.45, 2.75) is 32.7 Å². The standard InChI is InChI=1S/C10H23NOS/c1-4-7-12-8-6-11-10(5-2)9-13-3/h10-11H,4-9H2,1-3H3. The second-order valence-electron chi connectivity index (χ2n) is 3.13. The first-order valence-corrected chi connectivity index (χ1v) is 6.54. The molecule has 1 atom stereocenters. The molecular weight excluding hydrogens is 182 g/mol. The third kappa shape index (κ3) is 8.60. The third-order valence-electron chi connectivity index (χ3n) is 1.89. The smallest absolute Gasteiger partial charge is 0.0591 e. The van der Waals surface area contributed by atoms with E-state index in [1.165, 1.54) is 12.2 Å². The lowest BCUT2D eigenvalue weighted by molar-refractivity contribution is 0.135. The Morgan fingerprint density at radius 2 is 2.08 bits per heavy atom. The molecule has 0 aliphatic carbocycles. The maximum Gasteiger partial charge on any atom is 0.0591 e. The van der Waals surface area contributed by atoms with Crippen molar-refractivity contribution in [1.82, 2.24) is 5.32 Å². The molecule has 0 aromatic carbocycles. The van der Waals surface area contributed by atoms with Gasteiger partial charge in [0.15, 0.2) is 0 Å². The van der Waals surface area contributed by atoms with E-state index in [4.69, 9.17) is 4.74 Å². The topological polar surface area (TPSA) is 21.3 Å². The Labute approximate surface area is 86.8 Å². The molecule has 13 heavy (non-hydrogen) atoms. The van der Waals surface area contributed by atoms with Gasteiger partial charge in [0.05, 0.1) is 6.61 Å². The summed E-state index contributed by atoms with van der Waals surface area (Å²) in [6.45, 7) is 7.08. The second kappa shape index (κ2) is 10.4. The Bertz CT molecular complexity index is 101. The van der Waals surface area contributed by atoms with Gasteiger partial charge in [-0.3, -0.25) is 0 Å². The molecule has 1 N–H and O–H groups in total. The lowest BCUT2D eigenvalue weighted by Crippen LogP contribution is -2.33. The summed E-state index contributed by atoms with van der Waals surface area (Å²) in [5, 5.41) is 3.48. The molecule has 0 aromatic rings. The van der Waals surface area contributed by atoms with Crippen LogP contribution in [0.3, 0.4) is 0 Å². The van der Waals surface area contributed by atoms with Gasteiger partial charge in [-0.25, -0.2) is 0 Å². The first-order chi connectivity index (χ1) is 6.35. The fourth-order valence-corrected chi connectivity index (χ4v) is 1.86. The quantitative estimate of drug-likeness (QED) is 0.583. The Kier molecular flexibility index (Phi) is 10.6. The Balaban J connectivity index is 3.17. The molecule has 0 radical (unpaired) electrons. The summed E-state index contributed by atoms with van der Waals surface area (Å²) in [6, 6.07) is 0.653. The zero-order valence-corrected chi connectivity index (χ0v) is 9.95. The monoisotopic (exact) mass is 205 g/mol. The van der Waals surface area contributed by atoms with Crippen molar-refractivity contribution in [2.75, 3.05) is 31.8 Å². The molecule has 0 spiro atoms. The van der Waals surface area contributed by atoms with Crippen molar-refractivity contribution in [1.29, 1.82) is 0 Å². The third-order valence-corrected chi connectivity index (χ3v) is 2.62.